The van der Waals surface area contributed by atoms with Crippen LogP contribution in [0.15, 0.2) is 29.6 Å². The van der Waals surface area contributed by atoms with Gasteiger partial charge in [0.15, 0.2) is 0 Å². The van der Waals surface area contributed by atoms with Gasteiger partial charge in [-0.25, -0.2) is 0 Å². The highest BCUT2D eigenvalue weighted by molar-refractivity contribution is 7.12. The number of nitrogens with zero attached hydrogens (tertiary/aromatic N) is 2. The first-order valence-corrected chi connectivity index (χ1v) is 8.99. The summed E-state index contributed by atoms with van der Waals surface area (Å²) in [5.41, 5.74) is 2.75. The summed E-state index contributed by atoms with van der Waals surface area (Å²) in [5, 5.41) is 4.72. The molecule has 24 heavy (non-hydrogen) atoms. The van der Waals surface area contributed by atoms with Crippen molar-refractivity contribution < 1.29 is 9.59 Å². The predicted molar refractivity (Wildman–Crippen MR) is 93.8 cm³/mol. The number of carbonyl (C=O) groups is 2. The van der Waals surface area contributed by atoms with E-state index in [4.69, 9.17) is 0 Å². The number of likely N-dealkylation sites (tertiary alicyclic amines) is 1. The topological polar surface area (TPSA) is 62.3 Å². The third kappa shape index (κ3) is 3.48. The number of pyridine rings is 1. The van der Waals surface area contributed by atoms with Crippen LogP contribution in [0.2, 0.25) is 0 Å². The van der Waals surface area contributed by atoms with Crippen molar-refractivity contribution in [3.63, 3.8) is 0 Å². The molecular weight excluding hydrogens is 322 g/mol. The molecule has 126 valence electrons. The lowest BCUT2D eigenvalue weighted by atomic mass is 10.1. The van der Waals surface area contributed by atoms with E-state index in [0.717, 1.165) is 41.2 Å². The normalized spacial score (nSPS) is 17.1. The van der Waals surface area contributed by atoms with Gasteiger partial charge in [0.05, 0.1) is 28.9 Å². The Hall–Kier alpha value is -2.21. The first-order chi connectivity index (χ1) is 11.6. The molecule has 0 aromatic carbocycles. The van der Waals surface area contributed by atoms with Crippen LogP contribution in [0.25, 0.3) is 0 Å². The van der Waals surface area contributed by atoms with Crippen molar-refractivity contribution in [2.45, 2.75) is 39.3 Å². The number of carbonyl (C=O) groups excluding carboxylic acids is 2. The highest BCUT2D eigenvalue weighted by Crippen LogP contribution is 2.33. The molecule has 2 amide bonds. The Kier molecular flexibility index (Phi) is 4.94. The molecule has 0 saturated carbocycles. The molecule has 0 radical (unpaired) electrons. The van der Waals surface area contributed by atoms with E-state index >= 15 is 0 Å². The largest absolute Gasteiger partial charge is 0.351 e. The molecule has 2 aromatic rings. The van der Waals surface area contributed by atoms with Gasteiger partial charge in [-0.1, -0.05) is 6.07 Å². The van der Waals surface area contributed by atoms with Crippen molar-refractivity contribution in [3.05, 3.63) is 51.5 Å². The Morgan fingerprint density at radius 1 is 1.38 bits per heavy atom. The molecule has 0 unspecified atom stereocenters. The van der Waals surface area contributed by atoms with Gasteiger partial charge in [0.25, 0.3) is 5.91 Å². The van der Waals surface area contributed by atoms with E-state index in [1.165, 1.54) is 18.3 Å². The van der Waals surface area contributed by atoms with Crippen LogP contribution in [0.4, 0.5) is 0 Å². The summed E-state index contributed by atoms with van der Waals surface area (Å²) in [6.45, 7) is 4.64. The molecule has 1 atom stereocenters. The first-order valence-electron chi connectivity index (χ1n) is 8.11. The number of hydrogen-bond donors (Lipinski definition) is 1. The third-order valence-corrected chi connectivity index (χ3v) is 5.26. The van der Waals surface area contributed by atoms with E-state index in [1.54, 1.807) is 0 Å². The molecule has 1 N–H and O–H groups in total. The minimum Gasteiger partial charge on any atom is -0.351 e. The van der Waals surface area contributed by atoms with Crippen LogP contribution in [-0.2, 0) is 11.3 Å². The number of hydrogen-bond acceptors (Lipinski definition) is 4. The molecule has 2 aromatic heterocycles. The van der Waals surface area contributed by atoms with Crippen LogP contribution < -0.4 is 5.32 Å². The molecule has 6 heteroatoms. The molecule has 1 aliphatic rings. The standard InChI is InChI=1S/C18H21N3O2S/c1-12-8-10-24-17(12)18(23)21-9-4-7-16(21)15-6-3-5-14(20-15)11-19-13(2)22/h3,5-6,8,10,16H,4,7,9,11H2,1-2H3,(H,19,22)/t16-/m1/s1. The molecule has 0 bridgehead atoms. The lowest BCUT2D eigenvalue weighted by molar-refractivity contribution is -0.119. The van der Waals surface area contributed by atoms with Gasteiger partial charge >= 0.3 is 0 Å². The summed E-state index contributed by atoms with van der Waals surface area (Å²) in [6.07, 6.45) is 1.91. The Morgan fingerprint density at radius 3 is 2.92 bits per heavy atom. The van der Waals surface area contributed by atoms with Crippen LogP contribution in [0, 0.1) is 6.92 Å². The summed E-state index contributed by atoms with van der Waals surface area (Å²) in [7, 11) is 0. The molecule has 3 heterocycles. The number of nitrogens with one attached hydrogen (secondary N) is 1. The Bertz CT molecular complexity index is 756. The van der Waals surface area contributed by atoms with Crippen LogP contribution in [0.1, 0.15) is 52.4 Å². The smallest absolute Gasteiger partial charge is 0.264 e. The van der Waals surface area contributed by atoms with E-state index in [-0.39, 0.29) is 17.9 Å². The van der Waals surface area contributed by atoms with Crippen molar-refractivity contribution in [2.24, 2.45) is 0 Å². The van der Waals surface area contributed by atoms with E-state index in [0.29, 0.717) is 6.54 Å². The van der Waals surface area contributed by atoms with Crippen molar-refractivity contribution in [1.29, 1.82) is 0 Å². The van der Waals surface area contributed by atoms with Crippen molar-refractivity contribution in [3.8, 4) is 0 Å². The van der Waals surface area contributed by atoms with Crippen LogP contribution >= 0.6 is 11.3 Å². The fraction of sp³-hybridized carbons (Fsp3) is 0.389. The van der Waals surface area contributed by atoms with Crippen LogP contribution in [-0.4, -0.2) is 28.2 Å². The number of aromatic nitrogens is 1. The quantitative estimate of drug-likeness (QED) is 0.928. The van der Waals surface area contributed by atoms with Gasteiger partial charge in [-0.2, -0.15) is 0 Å². The van der Waals surface area contributed by atoms with Gasteiger partial charge in [-0.15, -0.1) is 11.3 Å². The van der Waals surface area contributed by atoms with E-state index < -0.39 is 0 Å². The second-order valence-corrected chi connectivity index (χ2v) is 6.97. The SMILES string of the molecule is CC(=O)NCc1cccc([C@H]2CCCN2C(=O)c2sccc2C)n1. The molecule has 3 rings (SSSR count). The highest BCUT2D eigenvalue weighted by Gasteiger charge is 2.32. The summed E-state index contributed by atoms with van der Waals surface area (Å²) >= 11 is 1.50. The number of aryl methyl sites for hydroxylation is 1. The molecule has 5 nitrogen and oxygen atoms in total. The van der Waals surface area contributed by atoms with E-state index in [1.807, 2.05) is 41.5 Å². The molecular formula is C18H21N3O2S. The lowest BCUT2D eigenvalue weighted by Gasteiger charge is -2.24. The van der Waals surface area contributed by atoms with Gasteiger partial charge in [0.2, 0.25) is 5.91 Å². The average Bonchev–Trinajstić information content (AvgIpc) is 3.21. The molecule has 1 saturated heterocycles. The predicted octanol–water partition coefficient (Wildman–Crippen LogP) is 3.06. The Labute approximate surface area is 145 Å². The van der Waals surface area contributed by atoms with Crippen molar-refractivity contribution in [1.82, 2.24) is 15.2 Å². The zero-order chi connectivity index (χ0) is 17.1. The maximum Gasteiger partial charge on any atom is 0.264 e. The first kappa shape index (κ1) is 16.6. The maximum absolute atomic E-state index is 12.9. The lowest BCUT2D eigenvalue weighted by Crippen LogP contribution is -2.31. The fourth-order valence-electron chi connectivity index (χ4n) is 3.04. The minimum absolute atomic E-state index is 0.0104. The van der Waals surface area contributed by atoms with Crippen molar-refractivity contribution in [2.75, 3.05) is 6.54 Å². The highest BCUT2D eigenvalue weighted by atomic mass is 32.1. The maximum atomic E-state index is 12.9. The Balaban J connectivity index is 1.80. The van der Waals surface area contributed by atoms with Gasteiger partial charge in [-0.05, 0) is 48.9 Å². The minimum atomic E-state index is -0.0759. The van der Waals surface area contributed by atoms with Crippen molar-refractivity contribution >= 4 is 23.2 Å². The average molecular weight is 343 g/mol. The van der Waals surface area contributed by atoms with E-state index in [9.17, 15) is 9.59 Å². The zero-order valence-corrected chi connectivity index (χ0v) is 14.7. The fourth-order valence-corrected chi connectivity index (χ4v) is 3.92. The zero-order valence-electron chi connectivity index (χ0n) is 13.9. The third-order valence-electron chi connectivity index (χ3n) is 4.26. The molecule has 0 aliphatic carbocycles. The van der Waals surface area contributed by atoms with Crippen LogP contribution in [0.3, 0.4) is 0 Å². The summed E-state index contributed by atoms with van der Waals surface area (Å²) < 4.78 is 0. The van der Waals surface area contributed by atoms with E-state index in [2.05, 4.69) is 10.3 Å². The summed E-state index contributed by atoms with van der Waals surface area (Å²) in [6, 6.07) is 7.79. The van der Waals surface area contributed by atoms with Gasteiger partial charge in [0.1, 0.15) is 0 Å². The Morgan fingerprint density at radius 2 is 2.21 bits per heavy atom. The second-order valence-electron chi connectivity index (χ2n) is 6.05. The molecule has 1 fully saturated rings. The molecule has 1 aliphatic heterocycles. The van der Waals surface area contributed by atoms with Gasteiger partial charge < -0.3 is 10.2 Å². The molecule has 0 spiro atoms. The number of amides is 2. The summed E-state index contributed by atoms with van der Waals surface area (Å²) in [4.78, 5) is 31.3. The second kappa shape index (κ2) is 7.13. The number of rotatable bonds is 4. The van der Waals surface area contributed by atoms with Gasteiger partial charge in [-0.3, -0.25) is 14.6 Å². The van der Waals surface area contributed by atoms with Crippen LogP contribution in [0.5, 0.6) is 0 Å². The summed E-state index contributed by atoms with van der Waals surface area (Å²) in [5.74, 6) is 0.0205. The number of thiophene rings is 1. The van der Waals surface area contributed by atoms with Gasteiger partial charge in [0, 0.05) is 13.5 Å². The monoisotopic (exact) mass is 343 g/mol.